The number of nitrogens with zero attached hydrogens (tertiary/aromatic N) is 2. The van der Waals surface area contributed by atoms with E-state index in [0.29, 0.717) is 6.54 Å². The van der Waals surface area contributed by atoms with E-state index < -0.39 is 5.60 Å². The van der Waals surface area contributed by atoms with Crippen LogP contribution in [0.25, 0.3) is 0 Å². The summed E-state index contributed by atoms with van der Waals surface area (Å²) in [6.07, 6.45) is 8.16. The van der Waals surface area contributed by atoms with Gasteiger partial charge in [0, 0.05) is 18.9 Å². The third kappa shape index (κ3) is 3.56. The average Bonchev–Trinajstić information content (AvgIpc) is 2.38. The Labute approximate surface area is 114 Å². The number of ether oxygens (including phenoxy) is 1. The van der Waals surface area contributed by atoms with Crippen molar-refractivity contribution in [3.8, 4) is 0 Å². The summed E-state index contributed by atoms with van der Waals surface area (Å²) in [5.74, 6) is 0. The summed E-state index contributed by atoms with van der Waals surface area (Å²) in [6.45, 7) is 6.21. The van der Waals surface area contributed by atoms with Gasteiger partial charge >= 0.3 is 6.09 Å². The van der Waals surface area contributed by atoms with E-state index in [-0.39, 0.29) is 12.1 Å². The fourth-order valence-electron chi connectivity index (χ4n) is 2.08. The number of amides is 1. The van der Waals surface area contributed by atoms with Gasteiger partial charge in [-0.25, -0.2) is 4.79 Å². The molecule has 1 aromatic heterocycles. The molecule has 0 unspecified atom stereocenters. The second kappa shape index (κ2) is 5.43. The molecule has 0 saturated heterocycles. The van der Waals surface area contributed by atoms with E-state index in [1.807, 2.05) is 39.0 Å². The molecule has 1 amide bonds. The molecule has 0 bridgehead atoms. The highest BCUT2D eigenvalue weighted by Gasteiger charge is 2.29. The maximum absolute atomic E-state index is 12.2. The second-order valence-corrected chi connectivity index (χ2v) is 5.64. The fraction of sp³-hybridized carbons (Fsp3) is 0.467. The lowest BCUT2D eigenvalue weighted by Crippen LogP contribution is -2.40. The molecule has 0 radical (unpaired) electrons. The Hall–Kier alpha value is -1.84. The van der Waals surface area contributed by atoms with Crippen molar-refractivity contribution >= 4 is 6.09 Å². The van der Waals surface area contributed by atoms with Crippen molar-refractivity contribution in [2.24, 2.45) is 0 Å². The zero-order chi connectivity index (χ0) is 13.9. The van der Waals surface area contributed by atoms with E-state index in [9.17, 15) is 4.79 Å². The zero-order valence-electron chi connectivity index (χ0n) is 11.7. The number of rotatable bonds is 1. The summed E-state index contributed by atoms with van der Waals surface area (Å²) in [5.41, 5.74) is 0.565. The fourth-order valence-corrected chi connectivity index (χ4v) is 2.08. The molecule has 4 heteroatoms. The van der Waals surface area contributed by atoms with Gasteiger partial charge in [0.2, 0.25) is 0 Å². The molecule has 1 aliphatic rings. The number of pyridine rings is 1. The topological polar surface area (TPSA) is 42.4 Å². The largest absolute Gasteiger partial charge is 0.444 e. The summed E-state index contributed by atoms with van der Waals surface area (Å²) >= 11 is 0. The number of hydrogen-bond acceptors (Lipinski definition) is 3. The van der Waals surface area contributed by atoms with Crippen LogP contribution in [-0.4, -0.2) is 28.1 Å². The molecule has 2 heterocycles. The Morgan fingerprint density at radius 3 is 2.84 bits per heavy atom. The Balaban J connectivity index is 2.18. The number of hydrogen-bond donors (Lipinski definition) is 0. The van der Waals surface area contributed by atoms with E-state index in [2.05, 4.69) is 11.1 Å². The normalized spacial score (nSPS) is 19.3. The molecule has 102 valence electrons. The molecule has 1 atom stereocenters. The lowest BCUT2D eigenvalue weighted by Gasteiger charge is -2.34. The summed E-state index contributed by atoms with van der Waals surface area (Å²) < 4.78 is 5.46. The molecule has 0 aliphatic carbocycles. The van der Waals surface area contributed by atoms with Crippen molar-refractivity contribution in [3.63, 3.8) is 0 Å². The predicted octanol–water partition coefficient (Wildman–Crippen LogP) is 3.32. The first-order valence-corrected chi connectivity index (χ1v) is 6.52. The Morgan fingerprint density at radius 1 is 1.42 bits per heavy atom. The minimum Gasteiger partial charge on any atom is -0.444 e. The Kier molecular flexibility index (Phi) is 3.88. The summed E-state index contributed by atoms with van der Waals surface area (Å²) in [5, 5.41) is 0. The molecule has 4 nitrogen and oxygen atoms in total. The van der Waals surface area contributed by atoms with E-state index >= 15 is 0 Å². The third-order valence-electron chi connectivity index (χ3n) is 2.90. The maximum atomic E-state index is 12.2. The second-order valence-electron chi connectivity index (χ2n) is 5.64. The van der Waals surface area contributed by atoms with Crippen LogP contribution in [0.1, 0.15) is 38.8 Å². The van der Waals surface area contributed by atoms with Crippen LogP contribution in [0, 0.1) is 0 Å². The smallest absolute Gasteiger partial charge is 0.411 e. The van der Waals surface area contributed by atoms with E-state index in [1.165, 1.54) is 0 Å². The van der Waals surface area contributed by atoms with Gasteiger partial charge in [0.25, 0.3) is 0 Å². The van der Waals surface area contributed by atoms with Crippen molar-refractivity contribution in [1.29, 1.82) is 0 Å². The standard InChI is InChI=1S/C15H20N2O2/c1-15(2,3)19-14(18)17-10-5-4-8-13(17)12-7-6-9-16-11-12/h4-7,9,11,13H,8,10H2,1-3H3/t13-/m0/s1. The van der Waals surface area contributed by atoms with E-state index in [0.717, 1.165) is 12.0 Å². The highest BCUT2D eigenvalue weighted by Crippen LogP contribution is 2.28. The quantitative estimate of drug-likeness (QED) is 0.727. The Bertz CT molecular complexity index is 463. The van der Waals surface area contributed by atoms with Crippen LogP contribution >= 0.6 is 0 Å². The van der Waals surface area contributed by atoms with E-state index in [4.69, 9.17) is 4.74 Å². The first-order chi connectivity index (χ1) is 8.97. The first-order valence-electron chi connectivity index (χ1n) is 6.52. The van der Waals surface area contributed by atoms with Crippen LogP contribution in [0.5, 0.6) is 0 Å². The van der Waals surface area contributed by atoms with Crippen LogP contribution in [-0.2, 0) is 4.74 Å². The molecule has 0 saturated carbocycles. The van der Waals surface area contributed by atoms with Crippen molar-refractivity contribution in [3.05, 3.63) is 42.2 Å². The average molecular weight is 260 g/mol. The van der Waals surface area contributed by atoms with Crippen LogP contribution in [0.15, 0.2) is 36.7 Å². The molecule has 0 aromatic carbocycles. The highest BCUT2D eigenvalue weighted by atomic mass is 16.6. The van der Waals surface area contributed by atoms with Gasteiger partial charge in [-0.05, 0) is 38.8 Å². The van der Waals surface area contributed by atoms with Gasteiger partial charge in [-0.1, -0.05) is 18.2 Å². The molecule has 2 rings (SSSR count). The molecule has 1 aromatic rings. The minimum atomic E-state index is -0.474. The Morgan fingerprint density at radius 2 is 2.21 bits per heavy atom. The molecular formula is C15H20N2O2. The number of aromatic nitrogens is 1. The minimum absolute atomic E-state index is 0.00792. The highest BCUT2D eigenvalue weighted by molar-refractivity contribution is 5.69. The molecule has 0 N–H and O–H groups in total. The SMILES string of the molecule is CC(C)(C)OC(=O)N1CC=CC[C@H]1c1cccnc1. The van der Waals surface area contributed by atoms with Crippen LogP contribution < -0.4 is 0 Å². The van der Waals surface area contributed by atoms with Gasteiger partial charge in [0.1, 0.15) is 5.60 Å². The van der Waals surface area contributed by atoms with Crippen molar-refractivity contribution < 1.29 is 9.53 Å². The maximum Gasteiger partial charge on any atom is 0.411 e. The van der Waals surface area contributed by atoms with Crippen LogP contribution in [0.2, 0.25) is 0 Å². The van der Waals surface area contributed by atoms with Gasteiger partial charge in [0.05, 0.1) is 6.04 Å². The van der Waals surface area contributed by atoms with Crippen molar-refractivity contribution in [1.82, 2.24) is 9.88 Å². The molecule has 19 heavy (non-hydrogen) atoms. The van der Waals surface area contributed by atoms with Crippen LogP contribution in [0.3, 0.4) is 0 Å². The third-order valence-corrected chi connectivity index (χ3v) is 2.90. The van der Waals surface area contributed by atoms with Gasteiger partial charge in [-0.15, -0.1) is 0 Å². The monoisotopic (exact) mass is 260 g/mol. The molecule has 0 spiro atoms. The summed E-state index contributed by atoms with van der Waals surface area (Å²) in [7, 11) is 0. The summed E-state index contributed by atoms with van der Waals surface area (Å²) in [4.78, 5) is 18.1. The predicted molar refractivity (Wildman–Crippen MR) is 73.7 cm³/mol. The van der Waals surface area contributed by atoms with Crippen LogP contribution in [0.4, 0.5) is 4.79 Å². The first kappa shape index (κ1) is 13.6. The van der Waals surface area contributed by atoms with Gasteiger partial charge in [0.15, 0.2) is 0 Å². The van der Waals surface area contributed by atoms with Crippen molar-refractivity contribution in [2.45, 2.75) is 38.8 Å². The van der Waals surface area contributed by atoms with Crippen molar-refractivity contribution in [2.75, 3.05) is 6.54 Å². The van der Waals surface area contributed by atoms with Gasteiger partial charge < -0.3 is 4.74 Å². The summed E-state index contributed by atoms with van der Waals surface area (Å²) in [6, 6.07) is 3.89. The number of carbonyl (C=O) groups is 1. The molecule has 1 aliphatic heterocycles. The lowest BCUT2D eigenvalue weighted by atomic mass is 10.0. The zero-order valence-corrected chi connectivity index (χ0v) is 11.7. The molecular weight excluding hydrogens is 240 g/mol. The number of carbonyl (C=O) groups excluding carboxylic acids is 1. The van der Waals surface area contributed by atoms with Gasteiger partial charge in [-0.3, -0.25) is 9.88 Å². The van der Waals surface area contributed by atoms with E-state index in [1.54, 1.807) is 17.3 Å². The molecule has 0 fully saturated rings. The lowest BCUT2D eigenvalue weighted by molar-refractivity contribution is 0.0176. The van der Waals surface area contributed by atoms with Gasteiger partial charge in [-0.2, -0.15) is 0 Å².